The van der Waals surface area contributed by atoms with Crippen molar-refractivity contribution >= 4 is 0 Å². The fourth-order valence-corrected chi connectivity index (χ4v) is 2.03. The molecule has 0 aromatic heterocycles. The lowest BCUT2D eigenvalue weighted by Gasteiger charge is -2.38. The van der Waals surface area contributed by atoms with Crippen molar-refractivity contribution in [3.8, 4) is 0 Å². The van der Waals surface area contributed by atoms with E-state index in [0.717, 1.165) is 6.42 Å². The third-order valence-corrected chi connectivity index (χ3v) is 3.01. The summed E-state index contributed by atoms with van der Waals surface area (Å²) in [7, 11) is 1.80. The van der Waals surface area contributed by atoms with Crippen LogP contribution in [0, 0.1) is 5.92 Å². The quantitative estimate of drug-likeness (QED) is 0.556. The Morgan fingerprint density at radius 1 is 1.55 bits per heavy atom. The van der Waals surface area contributed by atoms with Crippen LogP contribution in [0.3, 0.4) is 0 Å². The summed E-state index contributed by atoms with van der Waals surface area (Å²) >= 11 is 0. The third-order valence-electron chi connectivity index (χ3n) is 3.01. The molecule has 64 valence electrons. The molecular formula is C10H18O. The number of hydrogen-bond donors (Lipinski definition) is 0. The Labute approximate surface area is 69.4 Å². The van der Waals surface area contributed by atoms with E-state index in [1.807, 2.05) is 6.08 Å². The van der Waals surface area contributed by atoms with Crippen molar-refractivity contribution in [3.05, 3.63) is 12.7 Å². The zero-order valence-corrected chi connectivity index (χ0v) is 7.60. The lowest BCUT2D eigenvalue weighted by atomic mass is 9.76. The first-order valence-electron chi connectivity index (χ1n) is 4.44. The van der Waals surface area contributed by atoms with Gasteiger partial charge in [0.1, 0.15) is 0 Å². The summed E-state index contributed by atoms with van der Waals surface area (Å²) in [5.41, 5.74) is -0.0156. The SMILES string of the molecule is C=CC1(OC)CCCCC1C. The second-order valence-electron chi connectivity index (χ2n) is 3.51. The van der Waals surface area contributed by atoms with Crippen LogP contribution in [0.1, 0.15) is 32.6 Å². The molecule has 1 fully saturated rings. The maximum Gasteiger partial charge on any atom is 0.0881 e. The molecule has 0 radical (unpaired) electrons. The molecule has 0 heterocycles. The average Bonchev–Trinajstić information content (AvgIpc) is 2.06. The van der Waals surface area contributed by atoms with Crippen LogP contribution in [0.25, 0.3) is 0 Å². The van der Waals surface area contributed by atoms with Crippen molar-refractivity contribution in [2.45, 2.75) is 38.2 Å². The molecule has 0 aromatic carbocycles. The highest BCUT2D eigenvalue weighted by atomic mass is 16.5. The molecule has 0 saturated heterocycles. The van der Waals surface area contributed by atoms with Crippen LogP contribution in [0.5, 0.6) is 0 Å². The lowest BCUT2D eigenvalue weighted by molar-refractivity contribution is -0.0371. The first-order chi connectivity index (χ1) is 5.25. The van der Waals surface area contributed by atoms with Crippen LogP contribution < -0.4 is 0 Å². The van der Waals surface area contributed by atoms with Gasteiger partial charge >= 0.3 is 0 Å². The van der Waals surface area contributed by atoms with Gasteiger partial charge in [0, 0.05) is 7.11 Å². The molecule has 11 heavy (non-hydrogen) atoms. The highest BCUT2D eigenvalue weighted by Gasteiger charge is 2.34. The molecule has 1 nitrogen and oxygen atoms in total. The maximum absolute atomic E-state index is 5.52. The monoisotopic (exact) mass is 154 g/mol. The minimum absolute atomic E-state index is 0.0156. The van der Waals surface area contributed by atoms with Gasteiger partial charge in [-0.25, -0.2) is 0 Å². The Balaban J connectivity index is 2.69. The van der Waals surface area contributed by atoms with Crippen LogP contribution in [0.15, 0.2) is 12.7 Å². The molecule has 0 aromatic rings. The molecule has 2 atom stereocenters. The molecule has 1 rings (SSSR count). The summed E-state index contributed by atoms with van der Waals surface area (Å²) in [4.78, 5) is 0. The first-order valence-corrected chi connectivity index (χ1v) is 4.44. The first kappa shape index (κ1) is 8.79. The summed E-state index contributed by atoms with van der Waals surface area (Å²) in [5, 5.41) is 0. The number of hydrogen-bond acceptors (Lipinski definition) is 1. The Hall–Kier alpha value is -0.300. The van der Waals surface area contributed by atoms with Gasteiger partial charge in [0.15, 0.2) is 0 Å². The molecule has 1 saturated carbocycles. The summed E-state index contributed by atoms with van der Waals surface area (Å²) in [6, 6.07) is 0. The van der Waals surface area contributed by atoms with E-state index < -0.39 is 0 Å². The van der Waals surface area contributed by atoms with Gasteiger partial charge in [-0.2, -0.15) is 0 Å². The van der Waals surface area contributed by atoms with Crippen molar-refractivity contribution in [1.29, 1.82) is 0 Å². The Morgan fingerprint density at radius 2 is 2.27 bits per heavy atom. The van der Waals surface area contributed by atoms with Crippen molar-refractivity contribution in [2.75, 3.05) is 7.11 Å². The zero-order valence-electron chi connectivity index (χ0n) is 7.60. The van der Waals surface area contributed by atoms with Gasteiger partial charge in [-0.1, -0.05) is 25.8 Å². The predicted octanol–water partition coefficient (Wildman–Crippen LogP) is 2.77. The largest absolute Gasteiger partial charge is 0.374 e. The van der Waals surface area contributed by atoms with Gasteiger partial charge < -0.3 is 4.74 Å². The third kappa shape index (κ3) is 1.48. The number of rotatable bonds is 2. The summed E-state index contributed by atoms with van der Waals surface area (Å²) in [6.07, 6.45) is 7.04. The Kier molecular flexibility index (Phi) is 2.72. The van der Waals surface area contributed by atoms with E-state index in [-0.39, 0.29) is 5.60 Å². The van der Waals surface area contributed by atoms with E-state index in [4.69, 9.17) is 4.74 Å². The topological polar surface area (TPSA) is 9.23 Å². The van der Waals surface area contributed by atoms with Crippen LogP contribution in [-0.4, -0.2) is 12.7 Å². The summed E-state index contributed by atoms with van der Waals surface area (Å²) in [6.45, 7) is 6.11. The van der Waals surface area contributed by atoms with Crippen molar-refractivity contribution < 1.29 is 4.74 Å². The van der Waals surface area contributed by atoms with Gasteiger partial charge in [-0.15, -0.1) is 6.58 Å². The minimum atomic E-state index is -0.0156. The van der Waals surface area contributed by atoms with E-state index in [9.17, 15) is 0 Å². The van der Waals surface area contributed by atoms with Crippen LogP contribution in [0.2, 0.25) is 0 Å². The summed E-state index contributed by atoms with van der Waals surface area (Å²) in [5.74, 6) is 0.638. The molecule has 2 unspecified atom stereocenters. The molecular weight excluding hydrogens is 136 g/mol. The number of methoxy groups -OCH3 is 1. The smallest absolute Gasteiger partial charge is 0.0881 e. The standard InChI is InChI=1S/C10H18O/c1-4-10(11-3)8-6-5-7-9(10)2/h4,9H,1,5-8H2,2-3H3. The van der Waals surface area contributed by atoms with Crippen molar-refractivity contribution in [3.63, 3.8) is 0 Å². The van der Waals surface area contributed by atoms with E-state index in [2.05, 4.69) is 13.5 Å². The highest BCUT2D eigenvalue weighted by Crippen LogP contribution is 2.36. The minimum Gasteiger partial charge on any atom is -0.374 e. The Morgan fingerprint density at radius 3 is 2.64 bits per heavy atom. The number of ether oxygens (including phenoxy) is 1. The van der Waals surface area contributed by atoms with Crippen LogP contribution in [-0.2, 0) is 4.74 Å². The highest BCUT2D eigenvalue weighted by molar-refractivity contribution is 5.02. The second kappa shape index (κ2) is 3.40. The predicted molar refractivity (Wildman–Crippen MR) is 47.6 cm³/mol. The zero-order chi connectivity index (χ0) is 8.32. The molecule has 0 amide bonds. The van der Waals surface area contributed by atoms with Gasteiger partial charge in [0.25, 0.3) is 0 Å². The lowest BCUT2D eigenvalue weighted by Crippen LogP contribution is -2.38. The molecule has 0 bridgehead atoms. The van der Waals surface area contributed by atoms with Crippen molar-refractivity contribution in [2.24, 2.45) is 5.92 Å². The Bertz CT molecular complexity index is 142. The van der Waals surface area contributed by atoms with Gasteiger partial charge in [-0.05, 0) is 18.8 Å². The molecule has 0 spiro atoms. The van der Waals surface area contributed by atoms with Crippen LogP contribution >= 0.6 is 0 Å². The normalized spacial score (nSPS) is 38.5. The van der Waals surface area contributed by atoms with E-state index in [1.165, 1.54) is 19.3 Å². The van der Waals surface area contributed by atoms with E-state index in [1.54, 1.807) is 7.11 Å². The van der Waals surface area contributed by atoms with E-state index >= 15 is 0 Å². The van der Waals surface area contributed by atoms with Crippen LogP contribution in [0.4, 0.5) is 0 Å². The molecule has 1 aliphatic rings. The van der Waals surface area contributed by atoms with E-state index in [0.29, 0.717) is 5.92 Å². The van der Waals surface area contributed by atoms with Gasteiger partial charge in [0.05, 0.1) is 5.60 Å². The van der Waals surface area contributed by atoms with Gasteiger partial charge in [-0.3, -0.25) is 0 Å². The second-order valence-corrected chi connectivity index (χ2v) is 3.51. The fourth-order valence-electron chi connectivity index (χ4n) is 2.03. The molecule has 1 heteroatoms. The molecule has 1 aliphatic carbocycles. The van der Waals surface area contributed by atoms with Gasteiger partial charge in [0.2, 0.25) is 0 Å². The van der Waals surface area contributed by atoms with Crippen molar-refractivity contribution in [1.82, 2.24) is 0 Å². The fraction of sp³-hybridized carbons (Fsp3) is 0.800. The maximum atomic E-state index is 5.52. The average molecular weight is 154 g/mol. The molecule has 0 N–H and O–H groups in total. The summed E-state index contributed by atoms with van der Waals surface area (Å²) < 4.78 is 5.52. The molecule has 0 aliphatic heterocycles.